The van der Waals surface area contributed by atoms with E-state index in [1.54, 1.807) is 0 Å². The molecule has 1 fully saturated rings. The Kier molecular flexibility index (Phi) is 3.95. The predicted octanol–water partition coefficient (Wildman–Crippen LogP) is 3.29. The van der Waals surface area contributed by atoms with Crippen molar-refractivity contribution in [3.8, 4) is 5.75 Å². The minimum Gasteiger partial charge on any atom is -0.492 e. The SMILES string of the molecule is c1ccc(OCCN2CCC3(C2)NCCc2c3[nH]c3ccccc23)cc1. The normalized spacial score (nSPS) is 22.8. The van der Waals surface area contributed by atoms with Crippen molar-refractivity contribution < 1.29 is 4.74 Å². The predicted molar refractivity (Wildman–Crippen MR) is 105 cm³/mol. The maximum absolute atomic E-state index is 5.89. The fraction of sp³-hybridized carbons (Fsp3) is 0.364. The van der Waals surface area contributed by atoms with Crippen LogP contribution in [0.1, 0.15) is 17.7 Å². The molecular formula is C22H25N3O. The monoisotopic (exact) mass is 347 g/mol. The molecule has 4 nitrogen and oxygen atoms in total. The van der Waals surface area contributed by atoms with Crippen LogP contribution in [0.3, 0.4) is 0 Å². The Bertz CT molecular complexity index is 904. The molecule has 1 aromatic heterocycles. The molecule has 0 radical (unpaired) electrons. The maximum Gasteiger partial charge on any atom is 0.119 e. The molecule has 26 heavy (non-hydrogen) atoms. The van der Waals surface area contributed by atoms with Crippen LogP contribution < -0.4 is 10.1 Å². The van der Waals surface area contributed by atoms with Gasteiger partial charge in [-0.25, -0.2) is 0 Å². The molecule has 5 rings (SSSR count). The summed E-state index contributed by atoms with van der Waals surface area (Å²) in [5, 5.41) is 5.23. The Morgan fingerprint density at radius 3 is 2.81 bits per heavy atom. The highest BCUT2D eigenvalue weighted by Gasteiger charge is 2.43. The third-order valence-corrected chi connectivity index (χ3v) is 5.90. The summed E-state index contributed by atoms with van der Waals surface area (Å²) < 4.78 is 5.89. The zero-order chi connectivity index (χ0) is 17.4. The van der Waals surface area contributed by atoms with Gasteiger partial charge >= 0.3 is 0 Å². The highest BCUT2D eigenvalue weighted by Crippen LogP contribution is 2.39. The van der Waals surface area contributed by atoms with Crippen LogP contribution in [0.2, 0.25) is 0 Å². The lowest BCUT2D eigenvalue weighted by molar-refractivity contribution is 0.218. The molecule has 3 heterocycles. The van der Waals surface area contributed by atoms with E-state index in [9.17, 15) is 0 Å². The van der Waals surface area contributed by atoms with Crippen molar-refractivity contribution in [2.75, 3.05) is 32.8 Å². The standard InChI is InChI=1S/C22H25N3O/c1-2-6-17(7-3-1)26-15-14-25-13-11-22(16-25)21-19(10-12-23-22)18-8-4-5-9-20(18)24-21/h1-9,23-24H,10-16H2. The number of nitrogens with one attached hydrogen (secondary N) is 2. The average Bonchev–Trinajstić information content (AvgIpc) is 3.26. The second-order valence-electron chi connectivity index (χ2n) is 7.47. The van der Waals surface area contributed by atoms with Crippen molar-refractivity contribution in [1.82, 2.24) is 15.2 Å². The Morgan fingerprint density at radius 2 is 1.88 bits per heavy atom. The van der Waals surface area contributed by atoms with E-state index >= 15 is 0 Å². The van der Waals surface area contributed by atoms with Gasteiger partial charge in [-0.3, -0.25) is 4.90 Å². The number of H-pyrrole nitrogens is 1. The van der Waals surface area contributed by atoms with Gasteiger partial charge in [0, 0.05) is 42.8 Å². The molecule has 2 aliphatic heterocycles. The molecule has 2 aromatic carbocycles. The van der Waals surface area contributed by atoms with Crippen molar-refractivity contribution in [3.63, 3.8) is 0 Å². The highest BCUT2D eigenvalue weighted by atomic mass is 16.5. The summed E-state index contributed by atoms with van der Waals surface area (Å²) in [5.74, 6) is 0.954. The Morgan fingerprint density at radius 1 is 1.04 bits per heavy atom. The number of aromatic amines is 1. The van der Waals surface area contributed by atoms with Crippen LogP contribution in [0.25, 0.3) is 10.9 Å². The number of likely N-dealkylation sites (tertiary alicyclic amines) is 1. The number of para-hydroxylation sites is 2. The quantitative estimate of drug-likeness (QED) is 0.761. The highest BCUT2D eigenvalue weighted by molar-refractivity contribution is 5.85. The summed E-state index contributed by atoms with van der Waals surface area (Å²) in [4.78, 5) is 6.26. The number of ether oxygens (including phenoxy) is 1. The summed E-state index contributed by atoms with van der Waals surface area (Å²) in [5.41, 5.74) is 4.27. The molecule has 0 bridgehead atoms. The third kappa shape index (κ3) is 2.70. The number of hydrogen-bond acceptors (Lipinski definition) is 3. The van der Waals surface area contributed by atoms with E-state index in [2.05, 4.69) is 39.5 Å². The zero-order valence-electron chi connectivity index (χ0n) is 15.0. The van der Waals surface area contributed by atoms with Crippen LogP contribution in [-0.4, -0.2) is 42.7 Å². The van der Waals surface area contributed by atoms with Gasteiger partial charge in [0.1, 0.15) is 12.4 Å². The molecule has 2 aliphatic rings. The lowest BCUT2D eigenvalue weighted by atomic mass is 9.86. The smallest absolute Gasteiger partial charge is 0.119 e. The second kappa shape index (κ2) is 6.45. The minimum absolute atomic E-state index is 0.0688. The maximum atomic E-state index is 5.89. The van der Waals surface area contributed by atoms with Gasteiger partial charge in [0.25, 0.3) is 0 Å². The molecule has 1 atom stereocenters. The van der Waals surface area contributed by atoms with Crippen LogP contribution in [-0.2, 0) is 12.0 Å². The van der Waals surface area contributed by atoms with Crippen LogP contribution in [0, 0.1) is 0 Å². The molecule has 1 unspecified atom stereocenters. The average molecular weight is 347 g/mol. The van der Waals surface area contributed by atoms with Crippen LogP contribution in [0.4, 0.5) is 0 Å². The van der Waals surface area contributed by atoms with Gasteiger partial charge in [-0.05, 0) is 36.6 Å². The summed E-state index contributed by atoms with van der Waals surface area (Å²) in [7, 11) is 0. The zero-order valence-corrected chi connectivity index (χ0v) is 15.0. The number of hydrogen-bond donors (Lipinski definition) is 2. The molecule has 1 saturated heterocycles. The van der Waals surface area contributed by atoms with E-state index in [4.69, 9.17) is 4.74 Å². The second-order valence-corrected chi connectivity index (χ2v) is 7.47. The van der Waals surface area contributed by atoms with Crippen molar-refractivity contribution in [1.29, 1.82) is 0 Å². The molecule has 0 saturated carbocycles. The first-order valence-electron chi connectivity index (χ1n) is 9.59. The first kappa shape index (κ1) is 15.9. The Balaban J connectivity index is 1.31. The molecular weight excluding hydrogens is 322 g/mol. The van der Waals surface area contributed by atoms with Crippen molar-refractivity contribution >= 4 is 10.9 Å². The van der Waals surface area contributed by atoms with Gasteiger partial charge in [0.2, 0.25) is 0 Å². The fourth-order valence-corrected chi connectivity index (χ4v) is 4.62. The molecule has 2 N–H and O–H groups in total. The fourth-order valence-electron chi connectivity index (χ4n) is 4.62. The van der Waals surface area contributed by atoms with Crippen LogP contribution in [0.5, 0.6) is 5.75 Å². The Hall–Kier alpha value is -2.30. The molecule has 0 amide bonds. The van der Waals surface area contributed by atoms with Crippen LogP contribution in [0.15, 0.2) is 54.6 Å². The van der Waals surface area contributed by atoms with Gasteiger partial charge in [0.15, 0.2) is 0 Å². The van der Waals surface area contributed by atoms with Gasteiger partial charge in [-0.1, -0.05) is 36.4 Å². The summed E-state index contributed by atoms with van der Waals surface area (Å²) in [6, 6.07) is 18.8. The molecule has 1 spiro atoms. The minimum atomic E-state index is 0.0688. The van der Waals surface area contributed by atoms with Crippen molar-refractivity contribution in [2.45, 2.75) is 18.4 Å². The lowest BCUT2D eigenvalue weighted by Crippen LogP contribution is -2.49. The number of fused-ring (bicyclic) bond motifs is 4. The van der Waals surface area contributed by atoms with Crippen molar-refractivity contribution in [2.24, 2.45) is 0 Å². The first-order chi connectivity index (χ1) is 12.8. The van der Waals surface area contributed by atoms with E-state index in [0.29, 0.717) is 0 Å². The molecule has 0 aliphatic carbocycles. The summed E-state index contributed by atoms with van der Waals surface area (Å²) in [6.07, 6.45) is 2.26. The van der Waals surface area contributed by atoms with Gasteiger partial charge in [-0.2, -0.15) is 0 Å². The van der Waals surface area contributed by atoms with E-state index in [1.165, 1.54) is 22.2 Å². The number of nitrogens with zero attached hydrogens (tertiary/aromatic N) is 1. The molecule has 134 valence electrons. The number of aromatic nitrogens is 1. The number of benzene rings is 2. The van der Waals surface area contributed by atoms with E-state index in [-0.39, 0.29) is 5.54 Å². The van der Waals surface area contributed by atoms with Crippen LogP contribution >= 0.6 is 0 Å². The summed E-state index contributed by atoms with van der Waals surface area (Å²) >= 11 is 0. The third-order valence-electron chi connectivity index (χ3n) is 5.90. The van der Waals surface area contributed by atoms with E-state index in [1.807, 2.05) is 30.3 Å². The van der Waals surface area contributed by atoms with Gasteiger partial charge in [-0.15, -0.1) is 0 Å². The molecule has 4 heteroatoms. The largest absolute Gasteiger partial charge is 0.492 e. The lowest BCUT2D eigenvalue weighted by Gasteiger charge is -2.35. The molecule has 3 aromatic rings. The van der Waals surface area contributed by atoms with Gasteiger partial charge < -0.3 is 15.0 Å². The number of rotatable bonds is 4. The van der Waals surface area contributed by atoms with E-state index in [0.717, 1.165) is 51.4 Å². The van der Waals surface area contributed by atoms with Gasteiger partial charge in [0.05, 0.1) is 5.54 Å². The summed E-state index contributed by atoms with van der Waals surface area (Å²) in [6.45, 7) is 4.92. The van der Waals surface area contributed by atoms with E-state index < -0.39 is 0 Å². The first-order valence-corrected chi connectivity index (χ1v) is 9.59. The topological polar surface area (TPSA) is 40.3 Å². The Labute approximate surface area is 154 Å². The van der Waals surface area contributed by atoms with Crippen molar-refractivity contribution in [3.05, 3.63) is 65.9 Å².